The number of nitrogens with one attached hydrogen (secondary N) is 1. The van der Waals surface area contributed by atoms with Crippen LogP contribution in [0.15, 0.2) is 36.4 Å². The maximum absolute atomic E-state index is 12.5. The molecule has 0 atom stereocenters. The van der Waals surface area contributed by atoms with Gasteiger partial charge < -0.3 is 14.8 Å². The number of aromatic nitrogens is 1. The van der Waals surface area contributed by atoms with Crippen molar-refractivity contribution < 1.29 is 27.8 Å². The highest BCUT2D eigenvalue weighted by Crippen LogP contribution is 2.32. The van der Waals surface area contributed by atoms with Gasteiger partial charge in [0.25, 0.3) is 0 Å². The second-order valence-corrected chi connectivity index (χ2v) is 6.28. The van der Waals surface area contributed by atoms with Gasteiger partial charge >= 0.3 is 12.3 Å². The Morgan fingerprint density at radius 1 is 1.12 bits per heavy atom. The van der Waals surface area contributed by atoms with Crippen LogP contribution in [-0.2, 0) is 6.42 Å². The second kappa shape index (κ2) is 6.74. The molecule has 0 saturated heterocycles. The smallest absolute Gasteiger partial charge is 0.477 e. The summed E-state index contributed by atoms with van der Waals surface area (Å²) in [5.74, 6) is -1.66. The van der Waals surface area contributed by atoms with Gasteiger partial charge in [-0.15, -0.1) is 13.2 Å². The summed E-state index contributed by atoms with van der Waals surface area (Å²) in [5, 5.41) is 10.4. The molecule has 136 valence electrons. The Morgan fingerprint density at radius 2 is 1.85 bits per heavy atom. The first-order valence-corrected chi connectivity index (χ1v) is 7.97. The molecule has 0 bridgehead atoms. The number of alkyl halides is 3. The highest BCUT2D eigenvalue weighted by atomic mass is 35.5. The molecule has 3 rings (SSSR count). The number of H-pyrrole nitrogens is 1. The number of halogens is 5. The van der Waals surface area contributed by atoms with E-state index in [1.807, 2.05) is 0 Å². The summed E-state index contributed by atoms with van der Waals surface area (Å²) >= 11 is 11.8. The van der Waals surface area contributed by atoms with Gasteiger partial charge in [0.15, 0.2) is 0 Å². The molecule has 2 aromatic carbocycles. The maximum atomic E-state index is 12.5. The number of carboxylic acid groups (broad SMARTS) is 1. The van der Waals surface area contributed by atoms with Crippen molar-refractivity contribution in [2.24, 2.45) is 0 Å². The molecule has 26 heavy (non-hydrogen) atoms. The van der Waals surface area contributed by atoms with E-state index in [2.05, 4.69) is 9.72 Å². The van der Waals surface area contributed by atoms with E-state index in [1.165, 1.54) is 6.07 Å². The number of fused-ring (bicyclic) bond motifs is 1. The second-order valence-electron chi connectivity index (χ2n) is 5.46. The van der Waals surface area contributed by atoms with Gasteiger partial charge in [-0.1, -0.05) is 29.3 Å². The van der Waals surface area contributed by atoms with Crippen LogP contribution in [0.4, 0.5) is 13.2 Å². The van der Waals surface area contributed by atoms with Crippen LogP contribution in [0.3, 0.4) is 0 Å². The number of carboxylic acids is 1. The number of hydrogen-bond acceptors (Lipinski definition) is 2. The molecular formula is C17H10Cl2F3NO3. The minimum absolute atomic E-state index is 0.116. The first kappa shape index (κ1) is 18.4. The first-order chi connectivity index (χ1) is 12.1. The van der Waals surface area contributed by atoms with E-state index in [4.69, 9.17) is 23.2 Å². The molecule has 0 aliphatic rings. The number of aromatic amines is 1. The van der Waals surface area contributed by atoms with Crippen LogP contribution in [-0.4, -0.2) is 22.4 Å². The van der Waals surface area contributed by atoms with Crippen LogP contribution in [0.25, 0.3) is 10.9 Å². The standard InChI is InChI=1S/C17H10Cl2F3NO3/c18-12-3-1-8(6-13(12)19)5-11-10-7-9(26-17(20,21)22)2-4-14(10)23-15(11)16(24)25/h1-4,6-7,23H,5H2,(H,24,25). The average Bonchev–Trinajstić information content (AvgIpc) is 2.88. The Balaban J connectivity index is 2.10. The lowest BCUT2D eigenvalue weighted by atomic mass is 10.0. The van der Waals surface area contributed by atoms with Crippen LogP contribution in [0.2, 0.25) is 10.0 Å². The van der Waals surface area contributed by atoms with Crippen LogP contribution < -0.4 is 4.74 Å². The normalized spacial score (nSPS) is 11.7. The van der Waals surface area contributed by atoms with Gasteiger partial charge in [0.1, 0.15) is 11.4 Å². The number of benzene rings is 2. The summed E-state index contributed by atoms with van der Waals surface area (Å²) < 4.78 is 41.3. The van der Waals surface area contributed by atoms with E-state index in [0.717, 1.165) is 12.1 Å². The van der Waals surface area contributed by atoms with Crippen molar-refractivity contribution >= 4 is 40.1 Å². The quantitative estimate of drug-likeness (QED) is 0.590. The molecule has 0 amide bonds. The molecule has 2 N–H and O–H groups in total. The van der Waals surface area contributed by atoms with Crippen LogP contribution in [0.5, 0.6) is 5.75 Å². The summed E-state index contributed by atoms with van der Waals surface area (Å²) in [6.07, 6.45) is -4.71. The highest BCUT2D eigenvalue weighted by Gasteiger charge is 2.31. The number of aromatic carboxylic acids is 1. The van der Waals surface area contributed by atoms with Crippen LogP contribution in [0, 0.1) is 0 Å². The molecule has 3 aromatic rings. The molecule has 1 heterocycles. The third kappa shape index (κ3) is 3.89. The zero-order chi connectivity index (χ0) is 19.1. The van der Waals surface area contributed by atoms with Crippen molar-refractivity contribution in [3.05, 3.63) is 63.3 Å². The van der Waals surface area contributed by atoms with E-state index in [-0.39, 0.29) is 12.1 Å². The molecule has 0 radical (unpaired) electrons. The van der Waals surface area contributed by atoms with Crippen LogP contribution in [0.1, 0.15) is 21.6 Å². The Kier molecular flexibility index (Phi) is 4.77. The first-order valence-electron chi connectivity index (χ1n) is 7.21. The number of ether oxygens (including phenoxy) is 1. The van der Waals surface area contributed by atoms with Gasteiger partial charge in [0.05, 0.1) is 10.0 Å². The fourth-order valence-electron chi connectivity index (χ4n) is 2.64. The summed E-state index contributed by atoms with van der Waals surface area (Å²) in [6, 6.07) is 8.40. The monoisotopic (exact) mass is 403 g/mol. The van der Waals surface area contributed by atoms with Crippen molar-refractivity contribution in [3.63, 3.8) is 0 Å². The van der Waals surface area contributed by atoms with Gasteiger partial charge in [-0.25, -0.2) is 4.79 Å². The number of carbonyl (C=O) groups is 1. The van der Waals surface area contributed by atoms with Crippen molar-refractivity contribution in [2.45, 2.75) is 12.8 Å². The molecule has 0 saturated carbocycles. The zero-order valence-corrected chi connectivity index (χ0v) is 14.3. The Morgan fingerprint density at radius 3 is 2.46 bits per heavy atom. The van der Waals surface area contributed by atoms with Crippen molar-refractivity contribution in [1.29, 1.82) is 0 Å². The van der Waals surface area contributed by atoms with Crippen molar-refractivity contribution in [1.82, 2.24) is 4.98 Å². The Labute approximate surface area is 155 Å². The molecule has 0 aliphatic carbocycles. The topological polar surface area (TPSA) is 62.3 Å². The average molecular weight is 404 g/mol. The molecular weight excluding hydrogens is 394 g/mol. The van der Waals surface area contributed by atoms with E-state index >= 15 is 0 Å². The summed E-state index contributed by atoms with van der Waals surface area (Å²) in [4.78, 5) is 14.2. The molecule has 0 unspecified atom stereocenters. The Hall–Kier alpha value is -2.38. The lowest BCUT2D eigenvalue weighted by Crippen LogP contribution is -2.17. The molecule has 0 spiro atoms. The zero-order valence-electron chi connectivity index (χ0n) is 12.8. The number of rotatable bonds is 4. The number of hydrogen-bond donors (Lipinski definition) is 2. The molecule has 0 aliphatic heterocycles. The van der Waals surface area contributed by atoms with Crippen molar-refractivity contribution in [3.8, 4) is 5.75 Å². The van der Waals surface area contributed by atoms with Gasteiger partial charge in [0.2, 0.25) is 0 Å². The van der Waals surface area contributed by atoms with E-state index in [9.17, 15) is 23.1 Å². The lowest BCUT2D eigenvalue weighted by molar-refractivity contribution is -0.274. The molecule has 1 aromatic heterocycles. The molecule has 4 nitrogen and oxygen atoms in total. The maximum Gasteiger partial charge on any atom is 0.573 e. The predicted molar refractivity (Wildman–Crippen MR) is 91.2 cm³/mol. The Bertz CT molecular complexity index is 999. The lowest BCUT2D eigenvalue weighted by Gasteiger charge is -2.09. The van der Waals surface area contributed by atoms with Gasteiger partial charge in [0, 0.05) is 17.3 Å². The van der Waals surface area contributed by atoms with Crippen molar-refractivity contribution in [2.75, 3.05) is 0 Å². The molecule has 0 fully saturated rings. The third-order valence-electron chi connectivity index (χ3n) is 3.69. The van der Waals surface area contributed by atoms with Gasteiger partial charge in [-0.2, -0.15) is 0 Å². The third-order valence-corrected chi connectivity index (χ3v) is 4.43. The summed E-state index contributed by atoms with van der Waals surface area (Å²) in [7, 11) is 0. The van der Waals surface area contributed by atoms with Gasteiger partial charge in [-0.3, -0.25) is 0 Å². The van der Waals surface area contributed by atoms with Gasteiger partial charge in [-0.05, 0) is 41.5 Å². The minimum atomic E-state index is -4.84. The summed E-state index contributed by atoms with van der Waals surface area (Å²) in [6.45, 7) is 0. The predicted octanol–water partition coefficient (Wildman–Crippen LogP) is 5.66. The largest absolute Gasteiger partial charge is 0.573 e. The fourth-order valence-corrected chi connectivity index (χ4v) is 2.96. The fraction of sp³-hybridized carbons (Fsp3) is 0.118. The van der Waals surface area contributed by atoms with E-state index < -0.39 is 18.1 Å². The minimum Gasteiger partial charge on any atom is -0.477 e. The summed E-state index contributed by atoms with van der Waals surface area (Å²) in [5.41, 5.74) is 1.24. The van der Waals surface area contributed by atoms with E-state index in [1.54, 1.807) is 18.2 Å². The molecule has 9 heteroatoms. The van der Waals surface area contributed by atoms with E-state index in [0.29, 0.717) is 32.1 Å². The SMILES string of the molecule is O=C(O)c1[nH]c2ccc(OC(F)(F)F)cc2c1Cc1ccc(Cl)c(Cl)c1. The highest BCUT2D eigenvalue weighted by molar-refractivity contribution is 6.42. The van der Waals surface area contributed by atoms with Crippen LogP contribution >= 0.6 is 23.2 Å².